The van der Waals surface area contributed by atoms with Crippen LogP contribution in [0.4, 0.5) is 0 Å². The molecule has 2 aliphatic rings. The highest BCUT2D eigenvalue weighted by Crippen LogP contribution is 2.35. The van der Waals surface area contributed by atoms with Gasteiger partial charge in [0.1, 0.15) is 10.6 Å². The Hall–Kier alpha value is -2.04. The number of β-amino-alcohol motifs (C(OH)–C–C–N with tert-alkyl or cyclic N) is 1. The molecule has 8 nitrogen and oxygen atoms in total. The molecule has 168 valence electrons. The summed E-state index contributed by atoms with van der Waals surface area (Å²) in [6, 6.07) is 8.87. The standard InChI is InChI=1S/C22H30N4O4S/c1-26-14-19(27)13-25-31(28,29)21-5-4-17(18-3-2-8-24-12-18)11-20(21)30-16-22(15-26)6-9-23-10-7-22/h2-5,8,11-12,19,23,25,27H,6-7,9-10,13-16H2,1H3. The predicted molar refractivity (Wildman–Crippen MR) is 118 cm³/mol. The Kier molecular flexibility index (Phi) is 6.59. The monoisotopic (exact) mass is 446 g/mol. The van der Waals surface area contributed by atoms with E-state index in [1.807, 2.05) is 19.2 Å². The molecule has 4 rings (SSSR count). The van der Waals surface area contributed by atoms with E-state index in [-0.39, 0.29) is 16.9 Å². The molecule has 3 heterocycles. The number of piperidine rings is 1. The topological polar surface area (TPSA) is 104 Å². The molecule has 1 fully saturated rings. The Morgan fingerprint density at radius 3 is 2.77 bits per heavy atom. The number of benzene rings is 1. The first-order chi connectivity index (χ1) is 14.9. The van der Waals surface area contributed by atoms with E-state index >= 15 is 0 Å². The summed E-state index contributed by atoms with van der Waals surface area (Å²) in [5.41, 5.74) is 1.61. The smallest absolute Gasteiger partial charge is 0.244 e. The molecular weight excluding hydrogens is 416 g/mol. The van der Waals surface area contributed by atoms with Crippen LogP contribution in [-0.2, 0) is 10.0 Å². The van der Waals surface area contributed by atoms with Gasteiger partial charge in [-0.1, -0.05) is 12.1 Å². The van der Waals surface area contributed by atoms with Crippen molar-refractivity contribution in [3.05, 3.63) is 42.7 Å². The van der Waals surface area contributed by atoms with Crippen LogP contribution in [0.2, 0.25) is 0 Å². The van der Waals surface area contributed by atoms with E-state index in [1.165, 1.54) is 0 Å². The van der Waals surface area contributed by atoms with Crippen LogP contribution in [-0.4, -0.2) is 75.9 Å². The van der Waals surface area contributed by atoms with Gasteiger partial charge in [-0.3, -0.25) is 4.98 Å². The number of fused-ring (bicyclic) bond motifs is 1. The Bertz CT molecular complexity index is 994. The maximum Gasteiger partial charge on any atom is 0.244 e. The SMILES string of the molecule is CN1CC(O)CNS(=O)(=O)c2ccc(-c3cccnc3)cc2OCC2(CCNCC2)C1. The fourth-order valence-corrected chi connectivity index (χ4v) is 5.63. The van der Waals surface area contributed by atoms with Crippen LogP contribution in [0.1, 0.15) is 12.8 Å². The van der Waals surface area contributed by atoms with E-state index in [0.717, 1.165) is 43.6 Å². The lowest BCUT2D eigenvalue weighted by atomic mass is 9.79. The highest BCUT2D eigenvalue weighted by Gasteiger charge is 2.36. The molecule has 1 aromatic heterocycles. The third kappa shape index (κ3) is 5.24. The van der Waals surface area contributed by atoms with E-state index in [4.69, 9.17) is 4.74 Å². The van der Waals surface area contributed by atoms with E-state index < -0.39 is 16.1 Å². The zero-order chi connectivity index (χ0) is 21.9. The van der Waals surface area contributed by atoms with E-state index in [9.17, 15) is 13.5 Å². The summed E-state index contributed by atoms with van der Waals surface area (Å²) in [6.45, 7) is 3.31. The van der Waals surface area contributed by atoms with Crippen molar-refractivity contribution in [2.75, 3.05) is 46.4 Å². The molecule has 31 heavy (non-hydrogen) atoms. The second-order valence-electron chi connectivity index (χ2n) is 8.64. The van der Waals surface area contributed by atoms with Crippen LogP contribution < -0.4 is 14.8 Å². The quantitative estimate of drug-likeness (QED) is 0.602. The van der Waals surface area contributed by atoms with E-state index in [1.54, 1.807) is 30.6 Å². The molecule has 1 aromatic carbocycles. The molecule has 3 N–H and O–H groups in total. The maximum absolute atomic E-state index is 13.0. The molecule has 1 unspecified atom stereocenters. The summed E-state index contributed by atoms with van der Waals surface area (Å²) in [7, 11) is -1.88. The largest absolute Gasteiger partial charge is 0.492 e. The van der Waals surface area contributed by atoms with Crippen LogP contribution >= 0.6 is 0 Å². The van der Waals surface area contributed by atoms with Gasteiger partial charge in [0.15, 0.2) is 0 Å². The fourth-order valence-electron chi connectivity index (χ4n) is 4.44. The second kappa shape index (κ2) is 9.22. The highest BCUT2D eigenvalue weighted by molar-refractivity contribution is 7.89. The van der Waals surface area contributed by atoms with Gasteiger partial charge in [-0.05, 0) is 56.7 Å². The minimum absolute atomic E-state index is 0.0506. The molecule has 2 aliphatic heterocycles. The average Bonchev–Trinajstić information content (AvgIpc) is 2.77. The lowest BCUT2D eigenvalue weighted by Crippen LogP contribution is -2.49. The van der Waals surface area contributed by atoms with Crippen molar-refractivity contribution in [2.24, 2.45) is 5.41 Å². The molecule has 0 saturated carbocycles. The fraction of sp³-hybridized carbons (Fsp3) is 0.500. The third-order valence-corrected chi connectivity index (χ3v) is 7.53. The summed E-state index contributed by atoms with van der Waals surface area (Å²) in [6.07, 6.45) is 4.50. The van der Waals surface area contributed by atoms with Crippen LogP contribution in [0, 0.1) is 5.41 Å². The zero-order valence-corrected chi connectivity index (χ0v) is 18.6. The third-order valence-electron chi connectivity index (χ3n) is 6.06. The molecule has 1 spiro atoms. The molecule has 1 atom stereocenters. The minimum Gasteiger partial charge on any atom is -0.492 e. The number of aliphatic hydroxyl groups excluding tert-OH is 1. The number of hydrogen-bond donors (Lipinski definition) is 3. The minimum atomic E-state index is -3.84. The number of nitrogens with zero attached hydrogens (tertiary/aromatic N) is 2. The van der Waals surface area contributed by atoms with Gasteiger partial charge in [-0.15, -0.1) is 0 Å². The highest BCUT2D eigenvalue weighted by atomic mass is 32.2. The lowest BCUT2D eigenvalue weighted by Gasteiger charge is -2.41. The maximum atomic E-state index is 13.0. The van der Waals surface area contributed by atoms with Gasteiger partial charge < -0.3 is 20.1 Å². The summed E-state index contributed by atoms with van der Waals surface area (Å²) >= 11 is 0. The summed E-state index contributed by atoms with van der Waals surface area (Å²) in [5.74, 6) is 0.324. The number of aliphatic hydroxyl groups is 1. The van der Waals surface area contributed by atoms with E-state index in [0.29, 0.717) is 18.9 Å². The molecule has 0 bridgehead atoms. The molecule has 9 heteroatoms. The van der Waals surface area contributed by atoms with Crippen LogP contribution in [0.3, 0.4) is 0 Å². The van der Waals surface area contributed by atoms with Crippen molar-refractivity contribution in [3.8, 4) is 16.9 Å². The Morgan fingerprint density at radius 1 is 1.23 bits per heavy atom. The second-order valence-corrected chi connectivity index (χ2v) is 10.4. The first-order valence-electron chi connectivity index (χ1n) is 10.6. The molecular formula is C22H30N4O4S. The van der Waals surface area contributed by atoms with Gasteiger partial charge in [-0.25, -0.2) is 13.1 Å². The number of rotatable bonds is 1. The molecule has 0 aliphatic carbocycles. The molecule has 2 aromatic rings. The van der Waals surface area contributed by atoms with Crippen molar-refractivity contribution in [2.45, 2.75) is 23.8 Å². The number of pyridine rings is 1. The number of aromatic nitrogens is 1. The average molecular weight is 447 g/mol. The molecule has 0 amide bonds. The van der Waals surface area contributed by atoms with Gasteiger partial charge in [-0.2, -0.15) is 0 Å². The van der Waals surface area contributed by atoms with Gasteiger partial charge in [0, 0.05) is 43.0 Å². The van der Waals surface area contributed by atoms with Crippen molar-refractivity contribution < 1.29 is 18.3 Å². The van der Waals surface area contributed by atoms with Crippen molar-refractivity contribution >= 4 is 10.0 Å². The molecule has 0 radical (unpaired) electrons. The summed E-state index contributed by atoms with van der Waals surface area (Å²) in [4.78, 5) is 6.32. The lowest BCUT2D eigenvalue weighted by molar-refractivity contribution is 0.0447. The number of ether oxygens (including phenoxy) is 1. The number of sulfonamides is 1. The first-order valence-corrected chi connectivity index (χ1v) is 12.1. The van der Waals surface area contributed by atoms with Gasteiger partial charge >= 0.3 is 0 Å². The van der Waals surface area contributed by atoms with Crippen molar-refractivity contribution in [1.29, 1.82) is 0 Å². The Labute approximate surface area is 183 Å². The van der Waals surface area contributed by atoms with Gasteiger partial charge in [0.05, 0.1) is 12.7 Å². The first kappa shape index (κ1) is 22.2. The predicted octanol–water partition coefficient (Wildman–Crippen LogP) is 1.08. The zero-order valence-electron chi connectivity index (χ0n) is 17.8. The molecule has 1 saturated heterocycles. The Morgan fingerprint density at radius 2 is 2.03 bits per heavy atom. The van der Waals surface area contributed by atoms with Gasteiger partial charge in [0.2, 0.25) is 10.0 Å². The van der Waals surface area contributed by atoms with E-state index in [2.05, 4.69) is 19.9 Å². The van der Waals surface area contributed by atoms with Crippen LogP contribution in [0.5, 0.6) is 5.75 Å². The summed E-state index contributed by atoms with van der Waals surface area (Å²) < 4.78 is 34.8. The van der Waals surface area contributed by atoms with Crippen molar-refractivity contribution in [3.63, 3.8) is 0 Å². The van der Waals surface area contributed by atoms with Crippen LogP contribution in [0.15, 0.2) is 47.6 Å². The Balaban J connectivity index is 1.74. The van der Waals surface area contributed by atoms with Crippen molar-refractivity contribution in [1.82, 2.24) is 19.9 Å². The van der Waals surface area contributed by atoms with Gasteiger partial charge in [0.25, 0.3) is 0 Å². The normalized spacial score (nSPS) is 24.4. The number of nitrogens with one attached hydrogen (secondary N) is 2. The number of hydrogen-bond acceptors (Lipinski definition) is 7. The summed E-state index contributed by atoms with van der Waals surface area (Å²) in [5, 5.41) is 13.8. The number of likely N-dealkylation sites (N-methyl/N-ethyl adjacent to an activating group) is 1. The van der Waals surface area contributed by atoms with Crippen LogP contribution in [0.25, 0.3) is 11.1 Å².